The number of hydrogen-bond donors (Lipinski definition) is 0. The van der Waals surface area contributed by atoms with Crippen LogP contribution in [-0.2, 0) is 6.54 Å². The largest absolute Gasteiger partial charge is 0.354 e. The number of rotatable bonds is 5. The maximum Gasteiger partial charge on any atom is 0.128 e. The van der Waals surface area contributed by atoms with Gasteiger partial charge in [-0.1, -0.05) is 36.4 Å². The first-order valence-electron chi connectivity index (χ1n) is 9.55. The highest BCUT2D eigenvalue weighted by molar-refractivity contribution is 5.38. The summed E-state index contributed by atoms with van der Waals surface area (Å²) in [5, 5.41) is 0. The first kappa shape index (κ1) is 16.6. The Bertz CT molecular complexity index is 637. The third-order valence-corrected chi connectivity index (χ3v) is 5.54. The van der Waals surface area contributed by atoms with Crippen LogP contribution in [0.1, 0.15) is 18.4 Å². The van der Waals surface area contributed by atoms with E-state index in [2.05, 4.69) is 62.1 Å². The van der Waals surface area contributed by atoms with Crippen molar-refractivity contribution in [1.29, 1.82) is 0 Å². The Kier molecular flexibility index (Phi) is 5.28. The molecule has 1 aromatic heterocycles. The fourth-order valence-electron chi connectivity index (χ4n) is 4.13. The maximum absolute atomic E-state index is 4.49. The van der Waals surface area contributed by atoms with Gasteiger partial charge in [-0.25, -0.2) is 4.98 Å². The molecule has 2 aromatic rings. The standard InChI is InChI=1S/C21H28N4/c1-2-7-19(8-3-1)17-25-12-6-9-20(25)18-23-13-15-24(16-14-23)21-10-4-5-11-22-21/h1-5,7-8,10-11,20H,6,9,12-18H2/t20-/m1/s1. The molecule has 2 aliphatic rings. The van der Waals surface area contributed by atoms with Gasteiger partial charge in [0, 0.05) is 51.5 Å². The molecule has 3 heterocycles. The van der Waals surface area contributed by atoms with E-state index in [0.29, 0.717) is 6.04 Å². The number of benzene rings is 1. The average molecular weight is 336 g/mol. The average Bonchev–Trinajstić information content (AvgIpc) is 3.10. The number of pyridine rings is 1. The molecule has 0 amide bonds. The van der Waals surface area contributed by atoms with Crippen LogP contribution in [0.2, 0.25) is 0 Å². The first-order valence-corrected chi connectivity index (χ1v) is 9.55. The van der Waals surface area contributed by atoms with Gasteiger partial charge >= 0.3 is 0 Å². The fourth-order valence-corrected chi connectivity index (χ4v) is 4.13. The number of piperazine rings is 1. The molecule has 1 atom stereocenters. The number of likely N-dealkylation sites (tertiary alicyclic amines) is 1. The second-order valence-corrected chi connectivity index (χ2v) is 7.23. The van der Waals surface area contributed by atoms with Crippen LogP contribution in [-0.4, -0.2) is 60.1 Å². The lowest BCUT2D eigenvalue weighted by atomic mass is 10.1. The zero-order chi connectivity index (χ0) is 16.9. The summed E-state index contributed by atoms with van der Waals surface area (Å²) >= 11 is 0. The molecule has 25 heavy (non-hydrogen) atoms. The third kappa shape index (κ3) is 4.20. The van der Waals surface area contributed by atoms with Gasteiger partial charge in [0.1, 0.15) is 5.82 Å². The Morgan fingerprint density at radius 2 is 1.68 bits per heavy atom. The molecule has 0 radical (unpaired) electrons. The summed E-state index contributed by atoms with van der Waals surface area (Å²) in [6.45, 7) is 8.01. The molecule has 0 N–H and O–H groups in total. The summed E-state index contributed by atoms with van der Waals surface area (Å²) in [6, 6.07) is 17.8. The van der Waals surface area contributed by atoms with Crippen molar-refractivity contribution in [1.82, 2.24) is 14.8 Å². The molecule has 2 fully saturated rings. The molecule has 0 saturated carbocycles. The lowest BCUT2D eigenvalue weighted by Crippen LogP contribution is -2.50. The van der Waals surface area contributed by atoms with Gasteiger partial charge in [-0.15, -0.1) is 0 Å². The smallest absolute Gasteiger partial charge is 0.128 e. The maximum atomic E-state index is 4.49. The Morgan fingerprint density at radius 3 is 2.44 bits per heavy atom. The second-order valence-electron chi connectivity index (χ2n) is 7.23. The van der Waals surface area contributed by atoms with E-state index in [9.17, 15) is 0 Å². The Balaban J connectivity index is 1.29. The van der Waals surface area contributed by atoms with Crippen LogP contribution in [0.25, 0.3) is 0 Å². The van der Waals surface area contributed by atoms with Crippen molar-refractivity contribution < 1.29 is 0 Å². The van der Waals surface area contributed by atoms with Gasteiger partial charge in [0.15, 0.2) is 0 Å². The molecule has 132 valence electrons. The summed E-state index contributed by atoms with van der Waals surface area (Å²) in [5.41, 5.74) is 1.44. The van der Waals surface area contributed by atoms with E-state index in [1.165, 1.54) is 31.5 Å². The van der Waals surface area contributed by atoms with Crippen molar-refractivity contribution in [2.24, 2.45) is 0 Å². The van der Waals surface area contributed by atoms with Crippen LogP contribution in [0, 0.1) is 0 Å². The van der Waals surface area contributed by atoms with Gasteiger partial charge in [0.25, 0.3) is 0 Å². The highest BCUT2D eigenvalue weighted by atomic mass is 15.3. The summed E-state index contributed by atoms with van der Waals surface area (Å²) in [6.07, 6.45) is 4.57. The summed E-state index contributed by atoms with van der Waals surface area (Å²) < 4.78 is 0. The summed E-state index contributed by atoms with van der Waals surface area (Å²) in [4.78, 5) is 12.2. The van der Waals surface area contributed by atoms with Crippen LogP contribution in [0.15, 0.2) is 54.7 Å². The van der Waals surface area contributed by atoms with Crippen molar-refractivity contribution in [2.75, 3.05) is 44.2 Å². The van der Waals surface area contributed by atoms with Crippen molar-refractivity contribution in [3.05, 3.63) is 60.3 Å². The first-order chi connectivity index (χ1) is 12.4. The minimum absolute atomic E-state index is 0.710. The molecule has 0 aliphatic carbocycles. The van der Waals surface area contributed by atoms with Crippen molar-refractivity contribution >= 4 is 5.82 Å². The van der Waals surface area contributed by atoms with E-state index >= 15 is 0 Å². The van der Waals surface area contributed by atoms with Gasteiger partial charge in [-0.2, -0.15) is 0 Å². The molecular formula is C21H28N4. The zero-order valence-corrected chi connectivity index (χ0v) is 14.9. The van der Waals surface area contributed by atoms with E-state index < -0.39 is 0 Å². The lowest BCUT2D eigenvalue weighted by molar-refractivity contribution is 0.161. The molecule has 4 nitrogen and oxygen atoms in total. The predicted octanol–water partition coefficient (Wildman–Crippen LogP) is 2.87. The minimum Gasteiger partial charge on any atom is -0.354 e. The third-order valence-electron chi connectivity index (χ3n) is 5.54. The predicted molar refractivity (Wildman–Crippen MR) is 103 cm³/mol. The number of nitrogens with zero attached hydrogens (tertiary/aromatic N) is 4. The highest BCUT2D eigenvalue weighted by Crippen LogP contribution is 2.22. The SMILES string of the molecule is c1ccc(CN2CCC[C@@H]2CN2CCN(c3ccccn3)CC2)cc1. The van der Waals surface area contributed by atoms with Gasteiger partial charge in [-0.3, -0.25) is 9.80 Å². The van der Waals surface area contributed by atoms with Crippen molar-refractivity contribution in [3.8, 4) is 0 Å². The van der Waals surface area contributed by atoms with E-state index in [-0.39, 0.29) is 0 Å². The molecule has 1 aromatic carbocycles. The molecule has 0 unspecified atom stereocenters. The fraction of sp³-hybridized carbons (Fsp3) is 0.476. The Morgan fingerprint density at radius 1 is 0.880 bits per heavy atom. The van der Waals surface area contributed by atoms with Gasteiger partial charge in [0.05, 0.1) is 0 Å². The van der Waals surface area contributed by atoms with Crippen molar-refractivity contribution in [2.45, 2.75) is 25.4 Å². The van der Waals surface area contributed by atoms with Crippen LogP contribution >= 0.6 is 0 Å². The van der Waals surface area contributed by atoms with Crippen LogP contribution in [0.5, 0.6) is 0 Å². The normalized spacial score (nSPS) is 22.4. The lowest BCUT2D eigenvalue weighted by Gasteiger charge is -2.38. The van der Waals surface area contributed by atoms with E-state index in [1.807, 2.05) is 12.3 Å². The van der Waals surface area contributed by atoms with Crippen molar-refractivity contribution in [3.63, 3.8) is 0 Å². The molecule has 2 saturated heterocycles. The quantitative estimate of drug-likeness (QED) is 0.837. The minimum atomic E-state index is 0.710. The Labute approximate surface area is 151 Å². The summed E-state index contributed by atoms with van der Waals surface area (Å²) in [5.74, 6) is 1.12. The monoisotopic (exact) mass is 336 g/mol. The van der Waals surface area contributed by atoms with Crippen LogP contribution in [0.3, 0.4) is 0 Å². The molecular weight excluding hydrogens is 308 g/mol. The summed E-state index contributed by atoms with van der Waals surface area (Å²) in [7, 11) is 0. The van der Waals surface area contributed by atoms with E-state index in [4.69, 9.17) is 0 Å². The van der Waals surface area contributed by atoms with Gasteiger partial charge < -0.3 is 4.90 Å². The van der Waals surface area contributed by atoms with E-state index in [0.717, 1.165) is 38.5 Å². The topological polar surface area (TPSA) is 22.6 Å². The van der Waals surface area contributed by atoms with Crippen LogP contribution in [0.4, 0.5) is 5.82 Å². The molecule has 2 aliphatic heterocycles. The zero-order valence-electron chi connectivity index (χ0n) is 14.9. The van der Waals surface area contributed by atoms with Crippen LogP contribution < -0.4 is 4.90 Å². The second kappa shape index (κ2) is 7.98. The molecule has 0 bridgehead atoms. The number of anilines is 1. The van der Waals surface area contributed by atoms with Gasteiger partial charge in [0.2, 0.25) is 0 Å². The molecule has 4 heteroatoms. The molecule has 0 spiro atoms. The van der Waals surface area contributed by atoms with E-state index in [1.54, 1.807) is 0 Å². The number of aromatic nitrogens is 1. The highest BCUT2D eigenvalue weighted by Gasteiger charge is 2.28. The molecule has 4 rings (SSSR count). The number of hydrogen-bond acceptors (Lipinski definition) is 4. The van der Waals surface area contributed by atoms with Gasteiger partial charge in [-0.05, 0) is 37.1 Å². The Hall–Kier alpha value is -1.91.